The summed E-state index contributed by atoms with van der Waals surface area (Å²) < 4.78 is 0. The molecule has 0 amide bonds. The number of hydrogen-bond donors (Lipinski definition) is 2. The van der Waals surface area contributed by atoms with Crippen molar-refractivity contribution in [2.75, 3.05) is 11.9 Å². The highest BCUT2D eigenvalue weighted by Crippen LogP contribution is 2.24. The Morgan fingerprint density at radius 2 is 1.68 bits per heavy atom. The Morgan fingerprint density at radius 1 is 1.09 bits per heavy atom. The van der Waals surface area contributed by atoms with Crippen molar-refractivity contribution in [1.29, 1.82) is 0 Å². The van der Waals surface area contributed by atoms with Crippen LogP contribution in [0.4, 0.5) is 5.69 Å². The number of anilines is 1. The molecule has 0 heterocycles. The summed E-state index contributed by atoms with van der Waals surface area (Å²) in [7, 11) is 0. The van der Waals surface area contributed by atoms with Crippen molar-refractivity contribution in [2.45, 2.75) is 19.3 Å². The summed E-state index contributed by atoms with van der Waals surface area (Å²) in [6.07, 6.45) is 0. The molecule has 0 spiro atoms. The first-order valence-corrected chi connectivity index (χ1v) is 7.23. The summed E-state index contributed by atoms with van der Waals surface area (Å²) in [5.74, 6) is 0.420. The van der Waals surface area contributed by atoms with Gasteiger partial charge in [-0.1, -0.05) is 55.8 Å². The predicted molar refractivity (Wildman–Crippen MR) is 106 cm³/mol. The summed E-state index contributed by atoms with van der Waals surface area (Å²) in [5.41, 5.74) is 7.95. The monoisotopic (exact) mass is 429 g/mol. The van der Waals surface area contributed by atoms with Gasteiger partial charge in [-0.15, -0.1) is 24.0 Å². The molecule has 118 valence electrons. The third kappa shape index (κ3) is 5.50. The SMILES string of the molecule is CC(C)(CN=C(N)Nc1ccccc1)c1ccc(Cl)cc1.I. The lowest BCUT2D eigenvalue weighted by Crippen LogP contribution is -2.27. The Bertz CT molecular complexity index is 610. The van der Waals surface area contributed by atoms with E-state index in [1.54, 1.807) is 0 Å². The van der Waals surface area contributed by atoms with Gasteiger partial charge in [-0.25, -0.2) is 0 Å². The lowest BCUT2D eigenvalue weighted by molar-refractivity contribution is 0.540. The molecule has 0 aliphatic heterocycles. The molecule has 0 saturated carbocycles. The molecule has 0 unspecified atom stereocenters. The average Bonchev–Trinajstić information content (AvgIpc) is 2.47. The number of hydrogen-bond acceptors (Lipinski definition) is 1. The molecule has 0 atom stereocenters. The molecule has 0 saturated heterocycles. The first kappa shape index (κ1) is 18.8. The largest absolute Gasteiger partial charge is 0.370 e. The molecule has 2 aromatic carbocycles. The topological polar surface area (TPSA) is 50.4 Å². The van der Waals surface area contributed by atoms with Crippen LogP contribution in [0.25, 0.3) is 0 Å². The second-order valence-corrected chi connectivity index (χ2v) is 6.02. The summed E-state index contributed by atoms with van der Waals surface area (Å²) in [6.45, 7) is 4.87. The minimum Gasteiger partial charge on any atom is -0.370 e. The van der Waals surface area contributed by atoms with Crippen LogP contribution in [0.3, 0.4) is 0 Å². The van der Waals surface area contributed by atoms with Gasteiger partial charge in [0.2, 0.25) is 0 Å². The van der Waals surface area contributed by atoms with E-state index in [0.717, 1.165) is 10.7 Å². The van der Waals surface area contributed by atoms with Crippen molar-refractivity contribution in [3.63, 3.8) is 0 Å². The standard InChI is InChI=1S/C17H20ClN3.HI/c1-17(2,13-8-10-14(18)11-9-13)12-20-16(19)21-15-6-4-3-5-7-15;/h3-11H,12H2,1-2H3,(H3,19,20,21);1H. The van der Waals surface area contributed by atoms with Crippen LogP contribution in [0.15, 0.2) is 59.6 Å². The van der Waals surface area contributed by atoms with Crippen LogP contribution in [0.5, 0.6) is 0 Å². The number of para-hydroxylation sites is 1. The minimum absolute atomic E-state index is 0. The number of nitrogens with zero attached hydrogens (tertiary/aromatic N) is 1. The van der Waals surface area contributed by atoms with E-state index < -0.39 is 0 Å². The maximum atomic E-state index is 5.93. The molecule has 0 bridgehead atoms. The normalized spacial score (nSPS) is 11.7. The zero-order valence-corrected chi connectivity index (χ0v) is 15.8. The van der Waals surface area contributed by atoms with Crippen molar-refractivity contribution >= 4 is 47.2 Å². The lowest BCUT2D eigenvalue weighted by Gasteiger charge is -2.23. The molecule has 3 N–H and O–H groups in total. The van der Waals surface area contributed by atoms with Crippen LogP contribution in [0.1, 0.15) is 19.4 Å². The third-order valence-electron chi connectivity index (χ3n) is 3.32. The molecule has 0 aliphatic carbocycles. The average molecular weight is 430 g/mol. The molecular formula is C17H21ClIN3. The zero-order valence-electron chi connectivity index (χ0n) is 12.7. The fourth-order valence-corrected chi connectivity index (χ4v) is 2.11. The highest BCUT2D eigenvalue weighted by molar-refractivity contribution is 14.0. The van der Waals surface area contributed by atoms with Crippen LogP contribution in [0.2, 0.25) is 5.02 Å². The molecule has 0 fully saturated rings. The molecule has 22 heavy (non-hydrogen) atoms. The summed E-state index contributed by atoms with van der Waals surface area (Å²) >= 11 is 5.92. The van der Waals surface area contributed by atoms with Crippen molar-refractivity contribution in [3.05, 3.63) is 65.2 Å². The Balaban J connectivity index is 0.00000242. The van der Waals surface area contributed by atoms with Crippen molar-refractivity contribution in [3.8, 4) is 0 Å². The predicted octanol–water partition coefficient (Wildman–Crippen LogP) is 4.66. The Hall–Kier alpha value is -1.27. The second-order valence-electron chi connectivity index (χ2n) is 5.58. The molecule has 0 radical (unpaired) electrons. The minimum atomic E-state index is -0.104. The van der Waals surface area contributed by atoms with Crippen LogP contribution in [-0.2, 0) is 5.41 Å². The molecule has 2 aromatic rings. The maximum absolute atomic E-state index is 5.93. The molecule has 2 rings (SSSR count). The van der Waals surface area contributed by atoms with E-state index in [-0.39, 0.29) is 29.4 Å². The van der Waals surface area contributed by atoms with E-state index in [4.69, 9.17) is 17.3 Å². The van der Waals surface area contributed by atoms with E-state index in [1.807, 2.05) is 54.6 Å². The number of guanidine groups is 1. The maximum Gasteiger partial charge on any atom is 0.193 e. The Labute approximate surface area is 154 Å². The van der Waals surface area contributed by atoms with Gasteiger partial charge in [0.05, 0.1) is 6.54 Å². The van der Waals surface area contributed by atoms with Gasteiger partial charge in [0.25, 0.3) is 0 Å². The van der Waals surface area contributed by atoms with Gasteiger partial charge >= 0.3 is 0 Å². The smallest absolute Gasteiger partial charge is 0.193 e. The summed E-state index contributed by atoms with van der Waals surface area (Å²) in [6, 6.07) is 17.6. The Kier molecular flexibility index (Phi) is 7.16. The van der Waals surface area contributed by atoms with Gasteiger partial charge in [-0.2, -0.15) is 0 Å². The molecule has 0 aliphatic rings. The number of rotatable bonds is 4. The van der Waals surface area contributed by atoms with E-state index in [0.29, 0.717) is 12.5 Å². The summed E-state index contributed by atoms with van der Waals surface area (Å²) in [5, 5.41) is 3.82. The van der Waals surface area contributed by atoms with Crippen molar-refractivity contribution in [1.82, 2.24) is 0 Å². The lowest BCUT2D eigenvalue weighted by atomic mass is 9.85. The van der Waals surface area contributed by atoms with E-state index >= 15 is 0 Å². The van der Waals surface area contributed by atoms with Crippen LogP contribution < -0.4 is 11.1 Å². The van der Waals surface area contributed by atoms with Crippen molar-refractivity contribution < 1.29 is 0 Å². The molecule has 0 aromatic heterocycles. The Morgan fingerprint density at radius 3 is 2.27 bits per heavy atom. The molecule has 5 heteroatoms. The number of aliphatic imine (C=N–C) groups is 1. The number of halogens is 2. The van der Waals surface area contributed by atoms with Gasteiger partial charge in [-0.05, 0) is 29.8 Å². The zero-order chi connectivity index (χ0) is 15.3. The first-order valence-electron chi connectivity index (χ1n) is 6.85. The highest BCUT2D eigenvalue weighted by Gasteiger charge is 2.20. The summed E-state index contributed by atoms with van der Waals surface area (Å²) in [4.78, 5) is 4.44. The van der Waals surface area contributed by atoms with Gasteiger partial charge in [0.1, 0.15) is 0 Å². The molecule has 3 nitrogen and oxygen atoms in total. The van der Waals surface area contributed by atoms with E-state index in [1.165, 1.54) is 5.56 Å². The van der Waals surface area contributed by atoms with Gasteiger partial charge in [-0.3, -0.25) is 4.99 Å². The fraction of sp³-hybridized carbons (Fsp3) is 0.235. The van der Waals surface area contributed by atoms with Crippen LogP contribution in [-0.4, -0.2) is 12.5 Å². The van der Waals surface area contributed by atoms with Crippen LogP contribution >= 0.6 is 35.6 Å². The third-order valence-corrected chi connectivity index (χ3v) is 3.57. The number of nitrogens with one attached hydrogen (secondary N) is 1. The van der Waals surface area contributed by atoms with Crippen LogP contribution in [0, 0.1) is 0 Å². The number of benzene rings is 2. The molecular weight excluding hydrogens is 409 g/mol. The highest BCUT2D eigenvalue weighted by atomic mass is 127. The van der Waals surface area contributed by atoms with Gasteiger partial charge < -0.3 is 11.1 Å². The second kappa shape index (κ2) is 8.39. The van der Waals surface area contributed by atoms with E-state index in [9.17, 15) is 0 Å². The van der Waals surface area contributed by atoms with Crippen molar-refractivity contribution in [2.24, 2.45) is 10.7 Å². The van der Waals surface area contributed by atoms with E-state index in [2.05, 4.69) is 24.2 Å². The van der Waals surface area contributed by atoms with Gasteiger partial charge in [0.15, 0.2) is 5.96 Å². The quantitative estimate of drug-likeness (QED) is 0.422. The fourth-order valence-electron chi connectivity index (χ4n) is 1.98. The number of nitrogens with two attached hydrogens (primary N) is 1. The first-order chi connectivity index (χ1) is 9.97. The van der Waals surface area contributed by atoms with Gasteiger partial charge in [0, 0.05) is 16.1 Å².